The van der Waals surface area contributed by atoms with E-state index in [4.69, 9.17) is 4.74 Å². The van der Waals surface area contributed by atoms with Gasteiger partial charge in [-0.15, -0.1) is 0 Å². The van der Waals surface area contributed by atoms with Crippen LogP contribution < -0.4 is 14.8 Å². The Morgan fingerprint density at radius 3 is 2.62 bits per heavy atom. The van der Waals surface area contributed by atoms with E-state index < -0.39 is 10.0 Å². The molecule has 6 heteroatoms. The topological polar surface area (TPSA) is 67.4 Å². The number of para-hydroxylation sites is 1. The first-order valence-corrected chi connectivity index (χ1v) is 13.4. The Kier molecular flexibility index (Phi) is 6.44. The molecule has 3 aromatic rings. The summed E-state index contributed by atoms with van der Waals surface area (Å²) in [4.78, 5) is 0.313. The van der Waals surface area contributed by atoms with Crippen molar-refractivity contribution in [2.75, 3.05) is 18.5 Å². The average Bonchev–Trinajstić information content (AvgIpc) is 3.35. The van der Waals surface area contributed by atoms with Crippen LogP contribution in [0.15, 0.2) is 89.8 Å². The van der Waals surface area contributed by atoms with Crippen LogP contribution in [0.2, 0.25) is 0 Å². The molecule has 176 valence electrons. The molecule has 0 saturated heterocycles. The number of anilines is 1. The number of rotatable bonds is 8. The third kappa shape index (κ3) is 4.48. The zero-order valence-corrected chi connectivity index (χ0v) is 20.1. The molecule has 0 amide bonds. The first kappa shape index (κ1) is 22.7. The molecule has 0 fully saturated rings. The summed E-state index contributed by atoms with van der Waals surface area (Å²) in [6.45, 7) is 2.98. The molecule has 5 nitrogen and oxygen atoms in total. The monoisotopic (exact) mass is 474 g/mol. The Bertz CT molecular complexity index is 1290. The van der Waals surface area contributed by atoms with Gasteiger partial charge in [0, 0.05) is 23.7 Å². The van der Waals surface area contributed by atoms with Gasteiger partial charge in [-0.1, -0.05) is 60.7 Å². The molecule has 1 aliphatic heterocycles. The lowest BCUT2D eigenvalue weighted by molar-refractivity contribution is 0.326. The van der Waals surface area contributed by atoms with E-state index in [2.05, 4.69) is 28.3 Å². The van der Waals surface area contributed by atoms with Crippen molar-refractivity contribution in [3.8, 4) is 5.75 Å². The molecule has 34 heavy (non-hydrogen) atoms. The van der Waals surface area contributed by atoms with E-state index in [-0.39, 0.29) is 12.0 Å². The van der Waals surface area contributed by atoms with Crippen LogP contribution in [0.5, 0.6) is 5.75 Å². The highest BCUT2D eigenvalue weighted by molar-refractivity contribution is 7.89. The normalized spacial score (nSPS) is 20.9. The van der Waals surface area contributed by atoms with Gasteiger partial charge in [-0.25, -0.2) is 13.1 Å². The fourth-order valence-electron chi connectivity index (χ4n) is 5.13. The highest BCUT2D eigenvalue weighted by Crippen LogP contribution is 2.51. The van der Waals surface area contributed by atoms with Gasteiger partial charge in [0.2, 0.25) is 10.0 Å². The summed E-state index contributed by atoms with van der Waals surface area (Å²) in [7, 11) is -3.59. The Hall–Kier alpha value is -3.09. The molecule has 0 saturated carbocycles. The van der Waals surface area contributed by atoms with Gasteiger partial charge in [0.25, 0.3) is 0 Å². The number of ether oxygens (including phenoxy) is 1. The molecule has 1 aliphatic carbocycles. The predicted octanol–water partition coefficient (Wildman–Crippen LogP) is 5.43. The third-order valence-corrected chi connectivity index (χ3v) is 8.21. The van der Waals surface area contributed by atoms with Gasteiger partial charge in [-0.2, -0.15) is 0 Å². The van der Waals surface area contributed by atoms with Gasteiger partial charge in [0.15, 0.2) is 0 Å². The molecule has 0 radical (unpaired) electrons. The fraction of sp³-hybridized carbons (Fsp3) is 0.286. The van der Waals surface area contributed by atoms with Crippen molar-refractivity contribution in [2.24, 2.45) is 5.92 Å². The number of hydrogen-bond donors (Lipinski definition) is 2. The second-order valence-corrected chi connectivity index (χ2v) is 10.6. The highest BCUT2D eigenvalue weighted by Gasteiger charge is 2.39. The van der Waals surface area contributed by atoms with Crippen LogP contribution in [0, 0.1) is 5.92 Å². The average molecular weight is 475 g/mol. The lowest BCUT2D eigenvalue weighted by Gasteiger charge is -2.38. The largest absolute Gasteiger partial charge is 0.494 e. The lowest BCUT2D eigenvalue weighted by atomic mass is 9.77. The Balaban J connectivity index is 1.39. The summed E-state index contributed by atoms with van der Waals surface area (Å²) < 4.78 is 34.7. The zero-order valence-electron chi connectivity index (χ0n) is 19.3. The molecule has 0 spiro atoms. The number of nitrogens with one attached hydrogen (secondary N) is 2. The van der Waals surface area contributed by atoms with Crippen LogP contribution in [0.25, 0.3) is 0 Å². The van der Waals surface area contributed by atoms with E-state index in [0.717, 1.165) is 34.5 Å². The molecule has 2 N–H and O–H groups in total. The Morgan fingerprint density at radius 2 is 1.79 bits per heavy atom. The second kappa shape index (κ2) is 9.65. The maximum atomic E-state index is 13.0. The van der Waals surface area contributed by atoms with E-state index >= 15 is 0 Å². The predicted molar refractivity (Wildman–Crippen MR) is 136 cm³/mol. The van der Waals surface area contributed by atoms with Crippen LogP contribution in [0.1, 0.15) is 42.0 Å². The van der Waals surface area contributed by atoms with Gasteiger partial charge in [0.05, 0.1) is 17.5 Å². The molecule has 3 atom stereocenters. The molecule has 0 bridgehead atoms. The molecule has 2 aliphatic rings. The van der Waals surface area contributed by atoms with E-state index in [1.807, 2.05) is 67.6 Å². The maximum Gasteiger partial charge on any atom is 0.240 e. The van der Waals surface area contributed by atoms with Crippen molar-refractivity contribution < 1.29 is 13.2 Å². The molecule has 3 aromatic carbocycles. The summed E-state index contributed by atoms with van der Waals surface area (Å²) in [6, 6.07) is 23.6. The van der Waals surface area contributed by atoms with Crippen LogP contribution in [-0.2, 0) is 16.4 Å². The summed E-state index contributed by atoms with van der Waals surface area (Å²) in [5.74, 6) is 1.37. The maximum absolute atomic E-state index is 13.0. The minimum Gasteiger partial charge on any atom is -0.494 e. The number of sulfonamides is 1. The Morgan fingerprint density at radius 1 is 1.00 bits per heavy atom. The van der Waals surface area contributed by atoms with Gasteiger partial charge in [-0.05, 0) is 61.1 Å². The summed E-state index contributed by atoms with van der Waals surface area (Å²) in [6.07, 6.45) is 6.02. The Labute approximate surface area is 201 Å². The number of benzene rings is 3. The van der Waals surface area contributed by atoms with Gasteiger partial charge < -0.3 is 10.1 Å². The smallest absolute Gasteiger partial charge is 0.240 e. The fourth-order valence-corrected chi connectivity index (χ4v) is 6.20. The molecule has 1 heterocycles. The lowest BCUT2D eigenvalue weighted by Crippen LogP contribution is -2.30. The second-order valence-electron chi connectivity index (χ2n) is 8.83. The van der Waals surface area contributed by atoms with Crippen LogP contribution in [0.3, 0.4) is 0 Å². The molecular formula is C28H30N2O3S. The van der Waals surface area contributed by atoms with Crippen LogP contribution in [-0.4, -0.2) is 21.6 Å². The number of hydrogen-bond acceptors (Lipinski definition) is 4. The van der Waals surface area contributed by atoms with Gasteiger partial charge in [0.1, 0.15) is 5.75 Å². The van der Waals surface area contributed by atoms with Crippen LogP contribution in [0.4, 0.5) is 5.69 Å². The quantitative estimate of drug-likeness (QED) is 0.427. The van der Waals surface area contributed by atoms with E-state index in [1.165, 1.54) is 0 Å². The van der Waals surface area contributed by atoms with Crippen molar-refractivity contribution >= 4 is 15.7 Å². The minimum absolute atomic E-state index is 0.0988. The zero-order chi connectivity index (χ0) is 23.5. The SMILES string of the molecule is CCOc1ccccc1C1Nc2ccc(S(=O)(=O)NCCc3ccccc3)cc2C2C=CCC21. The van der Waals surface area contributed by atoms with E-state index in [0.29, 0.717) is 30.4 Å². The summed E-state index contributed by atoms with van der Waals surface area (Å²) in [5.41, 5.74) is 4.27. The van der Waals surface area contributed by atoms with Crippen molar-refractivity contribution in [1.29, 1.82) is 0 Å². The van der Waals surface area contributed by atoms with Crippen molar-refractivity contribution in [3.05, 3.63) is 102 Å². The minimum atomic E-state index is -3.59. The number of allylic oxidation sites excluding steroid dienone is 2. The van der Waals surface area contributed by atoms with Crippen molar-refractivity contribution in [3.63, 3.8) is 0 Å². The van der Waals surface area contributed by atoms with Gasteiger partial charge in [-0.3, -0.25) is 0 Å². The highest BCUT2D eigenvalue weighted by atomic mass is 32.2. The first-order valence-electron chi connectivity index (χ1n) is 11.9. The third-order valence-electron chi connectivity index (χ3n) is 6.75. The molecule has 0 aromatic heterocycles. The van der Waals surface area contributed by atoms with E-state index in [9.17, 15) is 8.42 Å². The molecular weight excluding hydrogens is 444 g/mol. The van der Waals surface area contributed by atoms with Gasteiger partial charge >= 0.3 is 0 Å². The van der Waals surface area contributed by atoms with E-state index in [1.54, 1.807) is 6.07 Å². The first-order chi connectivity index (χ1) is 16.6. The standard InChI is InChI=1S/C28H30N2O3S/c1-2-33-27-14-7-6-11-24(27)28-23-13-8-12-22(23)25-19-21(15-16-26(25)30-28)34(31,32)29-18-17-20-9-4-3-5-10-20/h3-12,14-16,19,22-23,28-30H,2,13,17-18H2,1H3. The van der Waals surface area contributed by atoms with Crippen LogP contribution >= 0.6 is 0 Å². The van der Waals surface area contributed by atoms with Crippen molar-refractivity contribution in [1.82, 2.24) is 4.72 Å². The van der Waals surface area contributed by atoms with Crippen molar-refractivity contribution in [2.45, 2.75) is 36.6 Å². The molecule has 3 unspecified atom stereocenters. The molecule has 5 rings (SSSR count). The number of fused-ring (bicyclic) bond motifs is 3. The summed E-state index contributed by atoms with van der Waals surface area (Å²) in [5, 5.41) is 3.69. The summed E-state index contributed by atoms with van der Waals surface area (Å²) >= 11 is 0.